The van der Waals surface area contributed by atoms with Crippen molar-refractivity contribution in [1.29, 1.82) is 0 Å². The van der Waals surface area contributed by atoms with Crippen LogP contribution in [0.2, 0.25) is 5.02 Å². The number of benzene rings is 1. The first-order valence-electron chi connectivity index (χ1n) is 7.19. The summed E-state index contributed by atoms with van der Waals surface area (Å²) in [5.74, 6) is 0.282. The number of hydrogen-bond donors (Lipinski definition) is 0. The smallest absolute Gasteiger partial charge is 0.222 e. The van der Waals surface area contributed by atoms with E-state index >= 15 is 0 Å². The molecule has 0 radical (unpaired) electrons. The second-order valence-corrected chi connectivity index (χ2v) is 5.24. The van der Waals surface area contributed by atoms with E-state index in [1.54, 1.807) is 0 Å². The molecule has 0 atom stereocenters. The summed E-state index contributed by atoms with van der Waals surface area (Å²) in [4.78, 5) is 14.0. The fraction of sp³-hybridized carbons (Fsp3) is 0.562. The highest BCUT2D eigenvalue weighted by molar-refractivity contribution is 6.30. The molecule has 0 spiro atoms. The van der Waals surface area contributed by atoms with Gasteiger partial charge in [0.2, 0.25) is 5.91 Å². The SMILES string of the molecule is CCCCN(CC)C(=O)CCCc1ccc(Cl)cc1. The highest BCUT2D eigenvalue weighted by Gasteiger charge is 2.10. The van der Waals surface area contributed by atoms with Gasteiger partial charge in [-0.2, -0.15) is 0 Å². The van der Waals surface area contributed by atoms with E-state index in [1.165, 1.54) is 5.56 Å². The lowest BCUT2D eigenvalue weighted by atomic mass is 10.1. The predicted octanol–water partition coefficient (Wildman–Crippen LogP) is 4.31. The third kappa shape index (κ3) is 6.11. The van der Waals surface area contributed by atoms with Crippen molar-refractivity contribution in [2.75, 3.05) is 13.1 Å². The standard InChI is InChI=1S/C16H24ClNO/c1-3-5-13-18(4-2)16(19)8-6-7-14-9-11-15(17)12-10-14/h9-12H,3-8,13H2,1-2H3. The maximum Gasteiger partial charge on any atom is 0.222 e. The van der Waals surface area contributed by atoms with Crippen molar-refractivity contribution in [1.82, 2.24) is 4.90 Å². The van der Waals surface area contributed by atoms with Crippen LogP contribution in [0, 0.1) is 0 Å². The van der Waals surface area contributed by atoms with Crippen LogP contribution in [0.15, 0.2) is 24.3 Å². The van der Waals surface area contributed by atoms with Crippen LogP contribution in [0.25, 0.3) is 0 Å². The minimum atomic E-state index is 0.282. The number of rotatable bonds is 8. The van der Waals surface area contributed by atoms with E-state index in [0.717, 1.165) is 43.8 Å². The topological polar surface area (TPSA) is 20.3 Å². The molecule has 0 unspecified atom stereocenters. The maximum absolute atomic E-state index is 12.0. The van der Waals surface area contributed by atoms with Gasteiger partial charge in [-0.25, -0.2) is 0 Å². The normalized spacial score (nSPS) is 10.5. The summed E-state index contributed by atoms with van der Waals surface area (Å²) in [5.41, 5.74) is 1.24. The van der Waals surface area contributed by atoms with Gasteiger partial charge < -0.3 is 4.90 Å². The lowest BCUT2D eigenvalue weighted by Crippen LogP contribution is -2.31. The van der Waals surface area contributed by atoms with Gasteiger partial charge in [-0.15, -0.1) is 0 Å². The molecule has 0 saturated carbocycles. The number of halogens is 1. The number of hydrogen-bond acceptors (Lipinski definition) is 1. The zero-order valence-electron chi connectivity index (χ0n) is 12.0. The van der Waals surface area contributed by atoms with Crippen LogP contribution >= 0.6 is 11.6 Å². The van der Waals surface area contributed by atoms with Gasteiger partial charge >= 0.3 is 0 Å². The van der Waals surface area contributed by atoms with E-state index in [4.69, 9.17) is 11.6 Å². The first-order valence-corrected chi connectivity index (χ1v) is 7.57. The molecule has 1 amide bonds. The van der Waals surface area contributed by atoms with Gasteiger partial charge in [-0.3, -0.25) is 4.79 Å². The Kier molecular flexibility index (Phi) is 7.57. The number of unbranched alkanes of at least 4 members (excludes halogenated alkanes) is 1. The maximum atomic E-state index is 12.0. The Morgan fingerprint density at radius 3 is 2.42 bits per heavy atom. The van der Waals surface area contributed by atoms with Crippen molar-refractivity contribution in [2.45, 2.75) is 46.0 Å². The first kappa shape index (κ1) is 16.0. The molecule has 2 nitrogen and oxygen atoms in total. The van der Waals surface area contributed by atoms with Crippen molar-refractivity contribution in [3.63, 3.8) is 0 Å². The molecule has 0 bridgehead atoms. The van der Waals surface area contributed by atoms with Gasteiger partial charge in [0, 0.05) is 24.5 Å². The molecule has 0 aromatic heterocycles. The van der Waals surface area contributed by atoms with E-state index < -0.39 is 0 Å². The van der Waals surface area contributed by atoms with Gasteiger partial charge in [-0.05, 0) is 43.9 Å². The Bertz CT molecular complexity index is 375. The van der Waals surface area contributed by atoms with E-state index in [0.29, 0.717) is 6.42 Å². The summed E-state index contributed by atoms with van der Waals surface area (Å²) < 4.78 is 0. The summed E-state index contributed by atoms with van der Waals surface area (Å²) in [6, 6.07) is 7.86. The molecule has 1 rings (SSSR count). The average Bonchev–Trinajstić information content (AvgIpc) is 2.42. The van der Waals surface area contributed by atoms with Crippen molar-refractivity contribution < 1.29 is 4.79 Å². The molecule has 0 aliphatic carbocycles. The molecule has 106 valence electrons. The number of carbonyl (C=O) groups is 1. The molecule has 0 N–H and O–H groups in total. The van der Waals surface area contributed by atoms with Gasteiger partial charge in [-0.1, -0.05) is 37.1 Å². The van der Waals surface area contributed by atoms with Crippen LogP contribution in [0.4, 0.5) is 0 Å². The molecular weight excluding hydrogens is 258 g/mol. The predicted molar refractivity (Wildman–Crippen MR) is 81.6 cm³/mol. The minimum absolute atomic E-state index is 0.282. The summed E-state index contributed by atoms with van der Waals surface area (Å²) in [5, 5.41) is 0.761. The fourth-order valence-electron chi connectivity index (χ4n) is 2.06. The van der Waals surface area contributed by atoms with Gasteiger partial charge in [0.05, 0.1) is 0 Å². The van der Waals surface area contributed by atoms with Gasteiger partial charge in [0.1, 0.15) is 0 Å². The fourth-order valence-corrected chi connectivity index (χ4v) is 2.19. The van der Waals surface area contributed by atoms with Crippen molar-refractivity contribution >= 4 is 17.5 Å². The summed E-state index contributed by atoms with van der Waals surface area (Å²) in [7, 11) is 0. The molecule has 1 aromatic rings. The largest absolute Gasteiger partial charge is 0.343 e. The van der Waals surface area contributed by atoms with Crippen LogP contribution in [-0.2, 0) is 11.2 Å². The van der Waals surface area contributed by atoms with Crippen molar-refractivity contribution in [2.24, 2.45) is 0 Å². The second kappa shape index (κ2) is 8.98. The van der Waals surface area contributed by atoms with Crippen LogP contribution in [0.1, 0.15) is 45.1 Å². The lowest BCUT2D eigenvalue weighted by Gasteiger charge is -2.20. The monoisotopic (exact) mass is 281 g/mol. The molecular formula is C16H24ClNO. The highest BCUT2D eigenvalue weighted by atomic mass is 35.5. The van der Waals surface area contributed by atoms with Crippen LogP contribution < -0.4 is 0 Å². The van der Waals surface area contributed by atoms with E-state index in [-0.39, 0.29) is 5.91 Å². The highest BCUT2D eigenvalue weighted by Crippen LogP contribution is 2.12. The minimum Gasteiger partial charge on any atom is -0.343 e. The molecule has 0 fully saturated rings. The Balaban J connectivity index is 2.31. The summed E-state index contributed by atoms with van der Waals surface area (Å²) in [6.07, 6.45) is 4.71. The lowest BCUT2D eigenvalue weighted by molar-refractivity contribution is -0.131. The Hall–Kier alpha value is -1.02. The van der Waals surface area contributed by atoms with Crippen molar-refractivity contribution in [3.05, 3.63) is 34.9 Å². The summed E-state index contributed by atoms with van der Waals surface area (Å²) >= 11 is 5.84. The van der Waals surface area contributed by atoms with Gasteiger partial charge in [0.25, 0.3) is 0 Å². The number of amides is 1. The molecule has 0 heterocycles. The number of aryl methyl sites for hydroxylation is 1. The average molecular weight is 282 g/mol. The first-order chi connectivity index (χ1) is 9.17. The molecule has 19 heavy (non-hydrogen) atoms. The number of nitrogens with zero attached hydrogens (tertiary/aromatic N) is 1. The molecule has 0 saturated heterocycles. The Labute approximate surface area is 121 Å². The molecule has 1 aromatic carbocycles. The third-order valence-corrected chi connectivity index (χ3v) is 3.54. The zero-order valence-corrected chi connectivity index (χ0v) is 12.7. The Morgan fingerprint density at radius 1 is 1.16 bits per heavy atom. The second-order valence-electron chi connectivity index (χ2n) is 4.81. The van der Waals surface area contributed by atoms with E-state index in [2.05, 4.69) is 6.92 Å². The van der Waals surface area contributed by atoms with Crippen LogP contribution in [-0.4, -0.2) is 23.9 Å². The van der Waals surface area contributed by atoms with Crippen LogP contribution in [0.3, 0.4) is 0 Å². The van der Waals surface area contributed by atoms with Crippen molar-refractivity contribution in [3.8, 4) is 0 Å². The van der Waals surface area contributed by atoms with E-state index in [1.807, 2.05) is 36.1 Å². The number of carbonyl (C=O) groups excluding carboxylic acids is 1. The molecule has 0 aliphatic heterocycles. The Morgan fingerprint density at radius 2 is 1.84 bits per heavy atom. The van der Waals surface area contributed by atoms with Crippen LogP contribution in [0.5, 0.6) is 0 Å². The van der Waals surface area contributed by atoms with E-state index in [9.17, 15) is 4.79 Å². The molecule has 3 heteroatoms. The third-order valence-electron chi connectivity index (χ3n) is 3.29. The van der Waals surface area contributed by atoms with Gasteiger partial charge in [0.15, 0.2) is 0 Å². The quantitative estimate of drug-likeness (QED) is 0.695. The zero-order chi connectivity index (χ0) is 14.1. The summed E-state index contributed by atoms with van der Waals surface area (Å²) in [6.45, 7) is 5.91. The molecule has 0 aliphatic rings.